The fraction of sp³-hybridized carbons (Fsp3) is 0.400. The second kappa shape index (κ2) is 7.60. The highest BCUT2D eigenvalue weighted by Crippen LogP contribution is 2.33. The fourth-order valence-electron chi connectivity index (χ4n) is 3.60. The maximum absolute atomic E-state index is 12.9. The quantitative estimate of drug-likeness (QED) is 0.680. The summed E-state index contributed by atoms with van der Waals surface area (Å²) in [7, 11) is 1.77. The van der Waals surface area contributed by atoms with Crippen LogP contribution in [0.25, 0.3) is 10.2 Å². The van der Waals surface area contributed by atoms with Crippen LogP contribution in [0.1, 0.15) is 35.3 Å². The third-order valence-electron chi connectivity index (χ3n) is 5.08. The van der Waals surface area contributed by atoms with Crippen molar-refractivity contribution in [3.8, 4) is 0 Å². The number of nitrogens with zero attached hydrogens (tertiary/aromatic N) is 4. The Morgan fingerprint density at radius 2 is 2.19 bits per heavy atom. The summed E-state index contributed by atoms with van der Waals surface area (Å²) in [5, 5.41) is 0.772. The van der Waals surface area contributed by atoms with Gasteiger partial charge < -0.3 is 4.90 Å². The van der Waals surface area contributed by atoms with Crippen LogP contribution >= 0.6 is 11.3 Å². The van der Waals surface area contributed by atoms with Gasteiger partial charge in [-0.2, -0.15) is 0 Å². The van der Waals surface area contributed by atoms with Crippen LogP contribution in [-0.2, 0) is 30.7 Å². The number of thiophene rings is 1. The smallest absolute Gasteiger partial charge is 0.262 e. The van der Waals surface area contributed by atoms with Gasteiger partial charge in [0, 0.05) is 43.8 Å². The Hall–Kier alpha value is -2.54. The average Bonchev–Trinajstić information content (AvgIpc) is 3.07. The zero-order chi connectivity index (χ0) is 18.8. The van der Waals surface area contributed by atoms with Gasteiger partial charge in [0.15, 0.2) is 0 Å². The largest absolute Gasteiger partial charge is 0.341 e. The molecule has 3 heterocycles. The average molecular weight is 382 g/mol. The lowest BCUT2D eigenvalue weighted by molar-refractivity contribution is -0.130. The van der Waals surface area contributed by atoms with Gasteiger partial charge in [-0.1, -0.05) is 6.07 Å². The molecular weight excluding hydrogens is 360 g/mol. The highest BCUT2D eigenvalue weighted by Gasteiger charge is 2.20. The van der Waals surface area contributed by atoms with E-state index >= 15 is 0 Å². The normalized spacial score (nSPS) is 13.5. The van der Waals surface area contributed by atoms with Crippen LogP contribution in [0.4, 0.5) is 0 Å². The van der Waals surface area contributed by atoms with Crippen LogP contribution in [0.2, 0.25) is 0 Å². The first-order valence-electron chi connectivity index (χ1n) is 9.26. The summed E-state index contributed by atoms with van der Waals surface area (Å²) in [5.41, 5.74) is 2.16. The molecule has 6 nitrogen and oxygen atoms in total. The van der Waals surface area contributed by atoms with Crippen LogP contribution in [0.15, 0.2) is 35.6 Å². The molecule has 0 atom stereocenters. The summed E-state index contributed by atoms with van der Waals surface area (Å²) in [6, 6.07) is 3.80. The molecule has 27 heavy (non-hydrogen) atoms. The van der Waals surface area contributed by atoms with E-state index in [1.165, 1.54) is 16.9 Å². The van der Waals surface area contributed by atoms with Crippen LogP contribution in [0.3, 0.4) is 0 Å². The van der Waals surface area contributed by atoms with Gasteiger partial charge in [0.1, 0.15) is 4.83 Å². The Balaban J connectivity index is 1.48. The van der Waals surface area contributed by atoms with E-state index in [1.54, 1.807) is 46.6 Å². The summed E-state index contributed by atoms with van der Waals surface area (Å²) in [5.74, 6) is -0.00167. The zero-order valence-corrected chi connectivity index (χ0v) is 16.2. The standard InChI is InChI=1S/C20H22N4O2S/c1-23(12-14-5-4-9-21-11-14)17(25)8-10-24-13-22-19-18(20(24)26)15-6-2-3-7-16(15)27-19/h4-5,9,11,13H,2-3,6-8,10,12H2,1H3. The zero-order valence-electron chi connectivity index (χ0n) is 15.4. The molecule has 7 heteroatoms. The first-order valence-corrected chi connectivity index (χ1v) is 10.1. The third kappa shape index (κ3) is 3.64. The number of fused-ring (bicyclic) bond motifs is 3. The van der Waals surface area contributed by atoms with E-state index < -0.39 is 0 Å². The predicted molar refractivity (Wildman–Crippen MR) is 106 cm³/mol. The molecule has 0 saturated heterocycles. The first-order chi connectivity index (χ1) is 13.1. The molecule has 0 radical (unpaired) electrons. The molecule has 0 N–H and O–H groups in total. The molecule has 1 aliphatic carbocycles. The molecule has 1 aliphatic rings. The van der Waals surface area contributed by atoms with Crippen LogP contribution in [-0.4, -0.2) is 32.4 Å². The molecule has 0 fully saturated rings. The maximum Gasteiger partial charge on any atom is 0.262 e. The van der Waals surface area contributed by atoms with Gasteiger partial charge in [-0.05, 0) is 42.9 Å². The summed E-state index contributed by atoms with van der Waals surface area (Å²) in [6.45, 7) is 0.861. The molecule has 0 bridgehead atoms. The molecule has 0 aromatic carbocycles. The number of rotatable bonds is 5. The van der Waals surface area contributed by atoms with Gasteiger partial charge >= 0.3 is 0 Å². The van der Waals surface area contributed by atoms with Crippen molar-refractivity contribution in [3.63, 3.8) is 0 Å². The maximum atomic E-state index is 12.9. The SMILES string of the molecule is CN(Cc1cccnc1)C(=O)CCn1cnc2sc3c(c2c1=O)CCCC3. The summed E-state index contributed by atoms with van der Waals surface area (Å²) >= 11 is 1.65. The minimum atomic E-state index is -0.0119. The number of carbonyl (C=O) groups excluding carboxylic acids is 1. The lowest BCUT2D eigenvalue weighted by atomic mass is 9.97. The Bertz CT molecular complexity index is 1030. The number of pyridine rings is 1. The van der Waals surface area contributed by atoms with E-state index in [-0.39, 0.29) is 17.9 Å². The number of aromatic nitrogens is 3. The minimum Gasteiger partial charge on any atom is -0.341 e. The van der Waals surface area contributed by atoms with E-state index in [1.807, 2.05) is 12.1 Å². The Morgan fingerprint density at radius 1 is 1.33 bits per heavy atom. The van der Waals surface area contributed by atoms with Crippen LogP contribution < -0.4 is 5.56 Å². The lowest BCUT2D eigenvalue weighted by Crippen LogP contribution is -2.29. The molecule has 0 spiro atoms. The molecule has 3 aromatic heterocycles. The second-order valence-corrected chi connectivity index (χ2v) is 8.08. The lowest BCUT2D eigenvalue weighted by Gasteiger charge is -2.17. The minimum absolute atomic E-state index is 0.00167. The van der Waals surface area contributed by atoms with E-state index in [4.69, 9.17) is 0 Å². The Kier molecular flexibility index (Phi) is 5.03. The van der Waals surface area contributed by atoms with Crippen LogP contribution in [0.5, 0.6) is 0 Å². The highest BCUT2D eigenvalue weighted by molar-refractivity contribution is 7.18. The Labute approximate surface area is 161 Å². The van der Waals surface area contributed by atoms with Gasteiger partial charge in [-0.25, -0.2) is 4.98 Å². The molecule has 140 valence electrons. The van der Waals surface area contributed by atoms with Gasteiger partial charge in [0.2, 0.25) is 5.91 Å². The number of aryl methyl sites for hydroxylation is 3. The van der Waals surface area contributed by atoms with Crippen molar-refractivity contribution in [2.75, 3.05) is 7.05 Å². The van der Waals surface area contributed by atoms with Gasteiger partial charge in [-0.15, -0.1) is 11.3 Å². The van der Waals surface area contributed by atoms with Crippen molar-refractivity contribution >= 4 is 27.5 Å². The van der Waals surface area contributed by atoms with Gasteiger partial charge in [0.05, 0.1) is 11.7 Å². The Morgan fingerprint density at radius 3 is 3.00 bits per heavy atom. The van der Waals surface area contributed by atoms with Crippen molar-refractivity contribution in [1.82, 2.24) is 19.4 Å². The van der Waals surface area contributed by atoms with Crippen molar-refractivity contribution < 1.29 is 4.79 Å². The summed E-state index contributed by atoms with van der Waals surface area (Å²) < 4.78 is 1.58. The molecule has 1 amide bonds. The fourth-order valence-corrected chi connectivity index (χ4v) is 4.82. The monoisotopic (exact) mass is 382 g/mol. The van der Waals surface area contributed by atoms with Crippen molar-refractivity contribution in [2.24, 2.45) is 0 Å². The van der Waals surface area contributed by atoms with Gasteiger partial charge in [0.25, 0.3) is 5.56 Å². The van der Waals surface area contributed by atoms with Crippen molar-refractivity contribution in [3.05, 3.63) is 57.2 Å². The summed E-state index contributed by atoms with van der Waals surface area (Å²) in [4.78, 5) is 37.8. The topological polar surface area (TPSA) is 68.1 Å². The molecule has 4 rings (SSSR count). The number of amides is 1. The molecule has 3 aromatic rings. The highest BCUT2D eigenvalue weighted by atomic mass is 32.1. The van der Waals surface area contributed by atoms with Crippen LogP contribution in [0, 0.1) is 0 Å². The van der Waals surface area contributed by atoms with Crippen molar-refractivity contribution in [1.29, 1.82) is 0 Å². The first kappa shape index (κ1) is 17.9. The van der Waals surface area contributed by atoms with E-state index in [0.717, 1.165) is 35.0 Å². The van der Waals surface area contributed by atoms with Crippen molar-refractivity contribution in [2.45, 2.75) is 45.2 Å². The van der Waals surface area contributed by atoms with Gasteiger partial charge in [-0.3, -0.25) is 19.1 Å². The molecule has 0 aliphatic heterocycles. The molecular formula is C20H22N4O2S. The number of hydrogen-bond acceptors (Lipinski definition) is 5. The van der Waals surface area contributed by atoms with E-state index in [9.17, 15) is 9.59 Å². The predicted octanol–water partition coefficient (Wildman–Crippen LogP) is 2.78. The van der Waals surface area contributed by atoms with E-state index in [2.05, 4.69) is 9.97 Å². The van der Waals surface area contributed by atoms with E-state index in [0.29, 0.717) is 13.1 Å². The third-order valence-corrected chi connectivity index (χ3v) is 6.28. The molecule has 0 unspecified atom stereocenters. The number of carbonyl (C=O) groups is 1. The molecule has 0 saturated carbocycles. The summed E-state index contributed by atoms with van der Waals surface area (Å²) in [6.07, 6.45) is 9.65. The number of hydrogen-bond donors (Lipinski definition) is 0. The second-order valence-electron chi connectivity index (χ2n) is 7.00.